The van der Waals surface area contributed by atoms with Crippen LogP contribution < -0.4 is 5.32 Å². The van der Waals surface area contributed by atoms with Crippen LogP contribution in [0.15, 0.2) is 0 Å². The minimum atomic E-state index is -0.777. The van der Waals surface area contributed by atoms with Gasteiger partial charge in [0, 0.05) is 39.3 Å². The van der Waals surface area contributed by atoms with Gasteiger partial charge in [0.1, 0.15) is 12.2 Å². The maximum Gasteiger partial charge on any atom is 0.294 e. The van der Waals surface area contributed by atoms with Gasteiger partial charge in [-0.05, 0) is 5.92 Å². The molecule has 1 radical (unpaired) electrons. The van der Waals surface area contributed by atoms with Crippen molar-refractivity contribution in [2.75, 3.05) is 13.2 Å². The molecule has 0 aliphatic carbocycles. The van der Waals surface area contributed by atoms with E-state index in [-0.39, 0.29) is 51.2 Å². The van der Waals surface area contributed by atoms with Crippen LogP contribution in [0.1, 0.15) is 6.92 Å². The van der Waals surface area contributed by atoms with Gasteiger partial charge in [-0.2, -0.15) is 0 Å². The summed E-state index contributed by atoms with van der Waals surface area (Å²) in [7, 11) is 0. The second-order valence-electron chi connectivity index (χ2n) is 4.10. The molecule has 2 fully saturated rings. The number of carbonyl (C=O) groups excluding carboxylic acids is 2. The summed E-state index contributed by atoms with van der Waals surface area (Å²) in [5.41, 5.74) is -0.777. The second-order valence-corrected chi connectivity index (χ2v) is 4.10. The molecular weight excluding hydrogens is 303 g/mol. The Bertz CT molecular complexity index is 290. The molecule has 6 nitrogen and oxygen atoms in total. The van der Waals surface area contributed by atoms with Crippen molar-refractivity contribution in [3.05, 3.63) is 6.61 Å². The molecule has 2 aliphatic rings. The Morgan fingerprint density at radius 2 is 2.29 bits per heavy atom. The minimum absolute atomic E-state index is 0. The Balaban J connectivity index is 0.00000144. The molecular formula is C10H14NO5Y-. The summed E-state index contributed by atoms with van der Waals surface area (Å²) in [6, 6.07) is 0. The normalized spacial score (nSPS) is 39.0. The van der Waals surface area contributed by atoms with Gasteiger partial charge in [-0.25, -0.2) is 6.61 Å². The number of ether oxygens (including phenoxy) is 3. The van der Waals surface area contributed by atoms with Crippen LogP contribution in [0.4, 0.5) is 0 Å². The molecule has 0 saturated carbocycles. The summed E-state index contributed by atoms with van der Waals surface area (Å²) >= 11 is 0. The first-order valence-corrected chi connectivity index (χ1v) is 5.13. The SMILES string of the molecule is C[C@@H]1[CH-]O[C@]2(COC=O)C1CN[C@H]2OC=O.[Y]. The summed E-state index contributed by atoms with van der Waals surface area (Å²) in [5.74, 6) is 0.361. The molecule has 1 N–H and O–H groups in total. The number of carbonyl (C=O) groups is 2. The molecule has 17 heavy (non-hydrogen) atoms. The van der Waals surface area contributed by atoms with Crippen LogP contribution in [-0.4, -0.2) is 37.9 Å². The Hall–Kier alpha value is -0.0361. The van der Waals surface area contributed by atoms with E-state index >= 15 is 0 Å². The van der Waals surface area contributed by atoms with Crippen LogP contribution in [0.2, 0.25) is 0 Å². The van der Waals surface area contributed by atoms with Gasteiger partial charge < -0.3 is 14.2 Å². The fourth-order valence-electron chi connectivity index (χ4n) is 2.48. The van der Waals surface area contributed by atoms with Gasteiger partial charge in [0.25, 0.3) is 12.9 Å². The van der Waals surface area contributed by atoms with E-state index in [4.69, 9.17) is 14.2 Å². The first kappa shape index (κ1) is 15.0. The van der Waals surface area contributed by atoms with E-state index in [9.17, 15) is 9.59 Å². The summed E-state index contributed by atoms with van der Waals surface area (Å²) in [4.78, 5) is 20.7. The molecule has 1 unspecified atom stereocenters. The van der Waals surface area contributed by atoms with Crippen molar-refractivity contribution in [3.8, 4) is 0 Å². The molecule has 0 aromatic rings. The van der Waals surface area contributed by atoms with E-state index in [0.29, 0.717) is 19.5 Å². The molecule has 0 spiro atoms. The summed E-state index contributed by atoms with van der Waals surface area (Å²) < 4.78 is 15.3. The van der Waals surface area contributed by atoms with Gasteiger partial charge in [0.2, 0.25) is 0 Å². The van der Waals surface area contributed by atoms with Crippen LogP contribution in [0.3, 0.4) is 0 Å². The van der Waals surface area contributed by atoms with Crippen molar-refractivity contribution < 1.29 is 56.5 Å². The monoisotopic (exact) mass is 317 g/mol. The third kappa shape index (κ3) is 2.55. The summed E-state index contributed by atoms with van der Waals surface area (Å²) in [6.45, 7) is 5.20. The molecule has 0 amide bonds. The fraction of sp³-hybridized carbons (Fsp3) is 0.700. The first-order valence-electron chi connectivity index (χ1n) is 5.13. The number of rotatable bonds is 5. The molecule has 2 heterocycles. The first-order chi connectivity index (χ1) is 7.74. The van der Waals surface area contributed by atoms with E-state index in [1.165, 1.54) is 0 Å². The maximum atomic E-state index is 10.4. The number of hydrogen-bond donors (Lipinski definition) is 1. The summed E-state index contributed by atoms with van der Waals surface area (Å²) in [6.07, 6.45) is -0.573. The van der Waals surface area contributed by atoms with E-state index in [2.05, 4.69) is 5.32 Å². The van der Waals surface area contributed by atoms with Crippen LogP contribution in [-0.2, 0) is 56.5 Å². The largest absolute Gasteiger partial charge is 0.541 e. The minimum Gasteiger partial charge on any atom is -0.541 e. The van der Waals surface area contributed by atoms with E-state index in [1.807, 2.05) is 6.92 Å². The average molecular weight is 317 g/mol. The smallest absolute Gasteiger partial charge is 0.294 e. The molecule has 7 heteroatoms. The zero-order valence-electron chi connectivity index (χ0n) is 9.50. The van der Waals surface area contributed by atoms with Crippen LogP contribution in [0.5, 0.6) is 0 Å². The number of nitrogens with one attached hydrogen (secondary N) is 1. The van der Waals surface area contributed by atoms with Crippen LogP contribution >= 0.6 is 0 Å². The molecule has 0 aromatic heterocycles. The third-order valence-corrected chi connectivity index (χ3v) is 3.30. The zero-order valence-corrected chi connectivity index (χ0v) is 12.3. The van der Waals surface area contributed by atoms with Gasteiger partial charge in [0.15, 0.2) is 6.23 Å². The third-order valence-electron chi connectivity index (χ3n) is 3.30. The predicted octanol–water partition coefficient (Wildman–Crippen LogP) is -0.558. The predicted molar refractivity (Wildman–Crippen MR) is 51.7 cm³/mol. The maximum absolute atomic E-state index is 10.4. The average Bonchev–Trinajstić information content (AvgIpc) is 2.78. The standard InChI is InChI=1S/C10H14NO5.Y/c1-7-3-16-10(4-14-5-12)8(7)2-11-9(10)15-6-13;/h3,5-9,11H,2,4H2,1H3;/q-1;/t7-,8?,9+,10-;/m1./s1. The van der Waals surface area contributed by atoms with Crippen LogP contribution in [0, 0.1) is 18.4 Å². The molecule has 93 valence electrons. The van der Waals surface area contributed by atoms with E-state index in [0.717, 1.165) is 0 Å². The van der Waals surface area contributed by atoms with Gasteiger partial charge in [0.05, 0.1) is 0 Å². The quantitative estimate of drug-likeness (QED) is 0.541. The van der Waals surface area contributed by atoms with Crippen LogP contribution in [0.25, 0.3) is 0 Å². The van der Waals surface area contributed by atoms with Gasteiger partial charge >= 0.3 is 0 Å². The Kier molecular flexibility index (Phi) is 5.50. The van der Waals surface area contributed by atoms with E-state index < -0.39 is 11.8 Å². The van der Waals surface area contributed by atoms with Gasteiger partial charge in [-0.15, -0.1) is 5.92 Å². The summed E-state index contributed by atoms with van der Waals surface area (Å²) in [5, 5.41) is 3.05. The van der Waals surface area contributed by atoms with Crippen molar-refractivity contribution in [2.45, 2.75) is 18.8 Å². The van der Waals surface area contributed by atoms with Crippen molar-refractivity contribution in [3.63, 3.8) is 0 Å². The molecule has 4 atom stereocenters. The van der Waals surface area contributed by atoms with Crippen molar-refractivity contribution >= 4 is 12.9 Å². The van der Waals surface area contributed by atoms with Gasteiger partial charge in [-0.1, -0.05) is 6.92 Å². The molecule has 2 rings (SSSR count). The van der Waals surface area contributed by atoms with Crippen molar-refractivity contribution in [1.82, 2.24) is 5.32 Å². The van der Waals surface area contributed by atoms with Crippen molar-refractivity contribution in [2.24, 2.45) is 11.8 Å². The molecule has 2 saturated heterocycles. The Labute approximate surface area is 125 Å². The Morgan fingerprint density at radius 1 is 1.53 bits per heavy atom. The topological polar surface area (TPSA) is 73.9 Å². The van der Waals surface area contributed by atoms with Gasteiger partial charge in [-0.3, -0.25) is 14.9 Å². The Morgan fingerprint density at radius 3 is 2.94 bits per heavy atom. The van der Waals surface area contributed by atoms with E-state index in [1.54, 1.807) is 6.61 Å². The molecule has 0 aromatic carbocycles. The number of fused-ring (bicyclic) bond motifs is 1. The number of hydrogen-bond acceptors (Lipinski definition) is 6. The fourth-order valence-corrected chi connectivity index (χ4v) is 2.48. The zero-order chi connectivity index (χ0) is 11.6. The molecule has 2 aliphatic heterocycles. The van der Waals surface area contributed by atoms with Crippen molar-refractivity contribution in [1.29, 1.82) is 0 Å². The molecule has 0 bridgehead atoms. The second kappa shape index (κ2) is 6.22.